The van der Waals surface area contributed by atoms with Gasteiger partial charge in [-0.25, -0.2) is 8.78 Å². The molecule has 2 aliphatic heterocycles. The van der Waals surface area contributed by atoms with E-state index in [1.807, 2.05) is 27.7 Å². The lowest BCUT2D eigenvalue weighted by Gasteiger charge is -2.32. The first-order valence-corrected chi connectivity index (χ1v) is 6.95. The van der Waals surface area contributed by atoms with Crippen LogP contribution >= 0.6 is 0 Å². The van der Waals surface area contributed by atoms with E-state index in [1.54, 1.807) is 0 Å². The van der Waals surface area contributed by atoms with E-state index in [2.05, 4.69) is 0 Å². The zero-order valence-corrected chi connectivity index (χ0v) is 12.0. The lowest BCUT2D eigenvalue weighted by atomic mass is 9.74. The number of hydrogen-bond acceptors (Lipinski definition) is 3. The summed E-state index contributed by atoms with van der Waals surface area (Å²) in [6, 6.07) is 0. The lowest BCUT2D eigenvalue weighted by Crippen LogP contribution is -2.41. The second-order valence-electron chi connectivity index (χ2n) is 6.99. The Morgan fingerprint density at radius 2 is 1.42 bits per heavy atom. The molecule has 0 aromatic heterocycles. The highest BCUT2D eigenvalue weighted by molar-refractivity contribution is 6.49. The van der Waals surface area contributed by atoms with Gasteiger partial charge in [0.05, 0.1) is 17.0 Å². The topological polar surface area (TPSA) is 27.7 Å². The van der Waals surface area contributed by atoms with Crippen molar-refractivity contribution in [2.24, 2.45) is 5.41 Å². The highest BCUT2D eigenvalue weighted by atomic mass is 19.3. The number of rotatable bonds is 1. The van der Waals surface area contributed by atoms with E-state index in [0.717, 1.165) is 0 Å². The second-order valence-corrected chi connectivity index (χ2v) is 6.99. The van der Waals surface area contributed by atoms with Gasteiger partial charge in [0.2, 0.25) is 0 Å². The Hall–Kier alpha value is -0.195. The van der Waals surface area contributed by atoms with E-state index < -0.39 is 35.5 Å². The molecule has 0 N–H and O–H groups in total. The monoisotopic (exact) mass is 274 g/mol. The fourth-order valence-corrected chi connectivity index (χ4v) is 3.38. The van der Waals surface area contributed by atoms with Gasteiger partial charge in [-0.1, -0.05) is 0 Å². The van der Waals surface area contributed by atoms with E-state index in [9.17, 15) is 8.78 Å². The van der Waals surface area contributed by atoms with Crippen molar-refractivity contribution in [1.82, 2.24) is 0 Å². The van der Waals surface area contributed by atoms with Crippen molar-refractivity contribution in [3.8, 4) is 0 Å². The predicted molar refractivity (Wildman–Crippen MR) is 67.3 cm³/mol. The van der Waals surface area contributed by atoms with Gasteiger partial charge in [0.15, 0.2) is 0 Å². The minimum absolute atomic E-state index is 0.398. The maximum atomic E-state index is 14.3. The first kappa shape index (κ1) is 13.8. The molecule has 1 saturated carbocycles. The quantitative estimate of drug-likeness (QED) is 0.688. The number of alkyl halides is 2. The van der Waals surface area contributed by atoms with Crippen molar-refractivity contribution >= 4 is 7.12 Å². The Morgan fingerprint density at radius 3 is 1.89 bits per heavy atom. The summed E-state index contributed by atoms with van der Waals surface area (Å²) in [6.07, 6.45) is 0.795. The maximum Gasteiger partial charge on any atom is 0.468 e. The van der Waals surface area contributed by atoms with Gasteiger partial charge in [-0.2, -0.15) is 0 Å². The first-order valence-electron chi connectivity index (χ1n) is 6.95. The molecule has 3 fully saturated rings. The van der Waals surface area contributed by atoms with E-state index in [0.29, 0.717) is 26.1 Å². The standard InChI is InChI=1S/C13H21BF2O3/c1-10(2)11(3,4)19-14(18-10)9-12(13(9,15)16)5-7-17-8-6-12/h9H,5-8H2,1-4H3. The number of ether oxygens (including phenoxy) is 1. The first-order chi connectivity index (χ1) is 8.64. The Morgan fingerprint density at radius 1 is 0.947 bits per heavy atom. The second kappa shape index (κ2) is 3.71. The molecule has 0 aromatic rings. The van der Waals surface area contributed by atoms with Crippen molar-refractivity contribution in [1.29, 1.82) is 0 Å². The van der Waals surface area contributed by atoms with Gasteiger partial charge in [0.1, 0.15) is 0 Å². The highest BCUT2D eigenvalue weighted by Gasteiger charge is 2.85. The molecule has 6 heteroatoms. The molecule has 0 aromatic carbocycles. The van der Waals surface area contributed by atoms with E-state index in [4.69, 9.17) is 14.0 Å². The van der Waals surface area contributed by atoms with Gasteiger partial charge >= 0.3 is 7.12 Å². The molecule has 1 aliphatic carbocycles. The van der Waals surface area contributed by atoms with Crippen LogP contribution in [0, 0.1) is 5.41 Å². The third-order valence-corrected chi connectivity index (χ3v) is 5.50. The molecule has 1 unspecified atom stereocenters. The molecule has 3 nitrogen and oxygen atoms in total. The smallest absolute Gasteiger partial charge is 0.403 e. The summed E-state index contributed by atoms with van der Waals surface area (Å²) in [4.78, 5) is 0. The fourth-order valence-electron chi connectivity index (χ4n) is 3.38. The Kier molecular flexibility index (Phi) is 2.69. The maximum absolute atomic E-state index is 14.3. The van der Waals surface area contributed by atoms with E-state index >= 15 is 0 Å². The Bertz CT molecular complexity index is 375. The van der Waals surface area contributed by atoms with Crippen LogP contribution in [0.4, 0.5) is 8.78 Å². The zero-order valence-electron chi connectivity index (χ0n) is 12.0. The summed E-state index contributed by atoms with van der Waals surface area (Å²) in [5.74, 6) is -3.53. The van der Waals surface area contributed by atoms with Crippen LogP contribution in [0.3, 0.4) is 0 Å². The van der Waals surface area contributed by atoms with Crippen LogP contribution in [0.25, 0.3) is 0 Å². The van der Waals surface area contributed by atoms with Gasteiger partial charge in [-0.15, -0.1) is 0 Å². The van der Waals surface area contributed by atoms with Crippen molar-refractivity contribution in [3.05, 3.63) is 0 Å². The van der Waals surface area contributed by atoms with Gasteiger partial charge < -0.3 is 14.0 Å². The normalized spacial score (nSPS) is 37.6. The highest BCUT2D eigenvalue weighted by Crippen LogP contribution is 2.76. The van der Waals surface area contributed by atoms with Crippen LogP contribution < -0.4 is 0 Å². The van der Waals surface area contributed by atoms with Crippen LogP contribution in [-0.2, 0) is 14.0 Å². The Labute approximate surface area is 113 Å². The zero-order chi connectivity index (χ0) is 14.1. The van der Waals surface area contributed by atoms with E-state index in [1.165, 1.54) is 0 Å². The molecule has 0 amide bonds. The minimum atomic E-state index is -2.70. The minimum Gasteiger partial charge on any atom is -0.403 e. The molecule has 2 saturated heterocycles. The molecular formula is C13H21BF2O3. The van der Waals surface area contributed by atoms with Crippen molar-refractivity contribution in [3.63, 3.8) is 0 Å². The van der Waals surface area contributed by atoms with Crippen molar-refractivity contribution in [2.45, 2.75) is 63.5 Å². The SMILES string of the molecule is CC1(C)OB(C2C(F)(F)C23CCOCC3)OC1(C)C. The van der Waals surface area contributed by atoms with Crippen molar-refractivity contribution < 1.29 is 22.8 Å². The van der Waals surface area contributed by atoms with Crippen LogP contribution in [0.5, 0.6) is 0 Å². The molecule has 19 heavy (non-hydrogen) atoms. The predicted octanol–water partition coefficient (Wildman–Crippen LogP) is 2.89. The summed E-state index contributed by atoms with van der Waals surface area (Å²) in [6.45, 7) is 8.39. The largest absolute Gasteiger partial charge is 0.468 e. The average Bonchev–Trinajstić information content (AvgIpc) is 2.62. The number of hydrogen-bond donors (Lipinski definition) is 0. The van der Waals surface area contributed by atoms with Crippen LogP contribution in [-0.4, -0.2) is 37.5 Å². The van der Waals surface area contributed by atoms with E-state index in [-0.39, 0.29) is 0 Å². The van der Waals surface area contributed by atoms with Crippen molar-refractivity contribution in [2.75, 3.05) is 13.2 Å². The molecule has 1 atom stereocenters. The molecule has 108 valence electrons. The van der Waals surface area contributed by atoms with Gasteiger partial charge in [-0.05, 0) is 40.5 Å². The molecule has 2 heterocycles. The molecule has 3 aliphatic rings. The van der Waals surface area contributed by atoms with Crippen LogP contribution in [0.1, 0.15) is 40.5 Å². The average molecular weight is 274 g/mol. The van der Waals surface area contributed by atoms with Crippen LogP contribution in [0.15, 0.2) is 0 Å². The summed E-state index contributed by atoms with van der Waals surface area (Å²) in [7, 11) is -0.807. The van der Waals surface area contributed by atoms with Crippen LogP contribution in [0.2, 0.25) is 5.82 Å². The summed E-state index contributed by atoms with van der Waals surface area (Å²) in [5, 5.41) is 0. The molecule has 0 bridgehead atoms. The summed E-state index contributed by atoms with van der Waals surface area (Å²) >= 11 is 0. The molecule has 1 spiro atoms. The molecule has 3 rings (SSSR count). The Balaban J connectivity index is 1.82. The molecule has 0 radical (unpaired) electrons. The summed E-state index contributed by atoms with van der Waals surface area (Å²) in [5.41, 5.74) is -2.07. The fraction of sp³-hybridized carbons (Fsp3) is 1.00. The van der Waals surface area contributed by atoms with Gasteiger partial charge in [0.25, 0.3) is 5.92 Å². The van der Waals surface area contributed by atoms with Gasteiger partial charge in [-0.3, -0.25) is 0 Å². The lowest BCUT2D eigenvalue weighted by molar-refractivity contribution is -0.00817. The third kappa shape index (κ3) is 1.66. The van der Waals surface area contributed by atoms with Gasteiger partial charge in [0, 0.05) is 18.6 Å². The third-order valence-electron chi connectivity index (χ3n) is 5.50. The summed E-state index contributed by atoms with van der Waals surface area (Å²) < 4.78 is 45.4. The molecular weight excluding hydrogens is 253 g/mol. The number of halogens is 2.